The Labute approximate surface area is 80.5 Å². The monoisotopic (exact) mass is 193 g/mol. The standard InChI is InChI=1S/C9H20ClNO/c1-2-11(8-5-9-12)7-4-3-6-10/h12H,2-9H2,1H3. The van der Waals surface area contributed by atoms with Gasteiger partial charge in [0.05, 0.1) is 0 Å². The molecular formula is C9H20ClNO. The van der Waals surface area contributed by atoms with E-state index in [2.05, 4.69) is 11.8 Å². The second kappa shape index (κ2) is 9.30. The van der Waals surface area contributed by atoms with Gasteiger partial charge in [-0.2, -0.15) is 0 Å². The van der Waals surface area contributed by atoms with Gasteiger partial charge in [-0.3, -0.25) is 0 Å². The number of aliphatic hydroxyl groups excluding tert-OH is 1. The lowest BCUT2D eigenvalue weighted by Gasteiger charge is -2.19. The van der Waals surface area contributed by atoms with Crippen molar-refractivity contribution in [3.05, 3.63) is 0 Å². The normalized spacial score (nSPS) is 11.0. The predicted molar refractivity (Wildman–Crippen MR) is 53.8 cm³/mol. The van der Waals surface area contributed by atoms with Crippen LogP contribution in [0.1, 0.15) is 26.2 Å². The van der Waals surface area contributed by atoms with Gasteiger partial charge >= 0.3 is 0 Å². The molecule has 0 bridgehead atoms. The van der Waals surface area contributed by atoms with E-state index in [4.69, 9.17) is 16.7 Å². The average molecular weight is 194 g/mol. The van der Waals surface area contributed by atoms with Crippen LogP contribution in [-0.2, 0) is 0 Å². The summed E-state index contributed by atoms with van der Waals surface area (Å²) >= 11 is 5.57. The van der Waals surface area contributed by atoms with Gasteiger partial charge in [0.25, 0.3) is 0 Å². The third-order valence-corrected chi connectivity index (χ3v) is 2.20. The number of hydrogen-bond acceptors (Lipinski definition) is 2. The van der Waals surface area contributed by atoms with Crippen molar-refractivity contribution in [2.45, 2.75) is 26.2 Å². The van der Waals surface area contributed by atoms with Crippen molar-refractivity contribution in [1.82, 2.24) is 4.90 Å². The van der Waals surface area contributed by atoms with Crippen LogP contribution in [0.2, 0.25) is 0 Å². The summed E-state index contributed by atoms with van der Waals surface area (Å²) in [4.78, 5) is 2.35. The molecule has 74 valence electrons. The van der Waals surface area contributed by atoms with Gasteiger partial charge in [-0.15, -0.1) is 11.6 Å². The molecule has 0 aliphatic rings. The fourth-order valence-electron chi connectivity index (χ4n) is 1.15. The molecule has 0 unspecified atom stereocenters. The zero-order valence-corrected chi connectivity index (χ0v) is 8.69. The minimum absolute atomic E-state index is 0.298. The van der Waals surface area contributed by atoms with Crippen LogP contribution >= 0.6 is 11.6 Å². The summed E-state index contributed by atoms with van der Waals surface area (Å²) in [5, 5.41) is 8.63. The lowest BCUT2D eigenvalue weighted by atomic mass is 10.3. The highest BCUT2D eigenvalue weighted by Crippen LogP contribution is 1.97. The first kappa shape index (κ1) is 12.2. The Kier molecular flexibility index (Phi) is 9.46. The second-order valence-electron chi connectivity index (χ2n) is 2.91. The van der Waals surface area contributed by atoms with Crippen LogP contribution in [-0.4, -0.2) is 42.1 Å². The quantitative estimate of drug-likeness (QED) is 0.469. The molecule has 0 spiro atoms. The highest BCUT2D eigenvalue weighted by molar-refractivity contribution is 6.17. The summed E-state index contributed by atoms with van der Waals surface area (Å²) in [6.07, 6.45) is 3.15. The molecule has 0 saturated carbocycles. The molecule has 0 rings (SSSR count). The molecule has 0 aromatic carbocycles. The number of unbranched alkanes of at least 4 members (excludes halogenated alkanes) is 1. The zero-order valence-electron chi connectivity index (χ0n) is 7.93. The van der Waals surface area contributed by atoms with E-state index in [1.54, 1.807) is 0 Å². The van der Waals surface area contributed by atoms with E-state index in [9.17, 15) is 0 Å². The predicted octanol–water partition coefficient (Wildman–Crippen LogP) is 1.71. The van der Waals surface area contributed by atoms with E-state index in [0.717, 1.165) is 38.4 Å². The minimum Gasteiger partial charge on any atom is -0.396 e. The summed E-state index contributed by atoms with van der Waals surface area (Å²) in [7, 11) is 0. The maximum Gasteiger partial charge on any atom is 0.0443 e. The molecular weight excluding hydrogens is 174 g/mol. The first-order valence-electron chi connectivity index (χ1n) is 4.74. The Balaban J connectivity index is 3.26. The van der Waals surface area contributed by atoms with E-state index in [1.165, 1.54) is 6.42 Å². The fraction of sp³-hybridized carbons (Fsp3) is 1.00. The molecule has 0 atom stereocenters. The molecule has 0 aromatic rings. The molecule has 2 nitrogen and oxygen atoms in total. The Morgan fingerprint density at radius 2 is 1.83 bits per heavy atom. The maximum absolute atomic E-state index is 8.63. The largest absolute Gasteiger partial charge is 0.396 e. The van der Waals surface area contributed by atoms with E-state index in [1.807, 2.05) is 0 Å². The van der Waals surface area contributed by atoms with Crippen LogP contribution in [0.5, 0.6) is 0 Å². The summed E-state index contributed by atoms with van der Waals surface area (Å²) in [6.45, 7) is 5.64. The fourth-order valence-corrected chi connectivity index (χ4v) is 1.34. The van der Waals surface area contributed by atoms with E-state index >= 15 is 0 Å². The molecule has 0 aromatic heterocycles. The molecule has 0 aliphatic carbocycles. The molecule has 1 N–H and O–H groups in total. The third kappa shape index (κ3) is 6.89. The molecule has 3 heteroatoms. The van der Waals surface area contributed by atoms with Crippen molar-refractivity contribution in [3.63, 3.8) is 0 Å². The Bertz CT molecular complexity index is 90.6. The van der Waals surface area contributed by atoms with Gasteiger partial charge < -0.3 is 10.0 Å². The van der Waals surface area contributed by atoms with Crippen LogP contribution in [0.4, 0.5) is 0 Å². The third-order valence-electron chi connectivity index (χ3n) is 1.94. The van der Waals surface area contributed by atoms with Gasteiger partial charge in [0.2, 0.25) is 0 Å². The number of rotatable bonds is 8. The highest BCUT2D eigenvalue weighted by Gasteiger charge is 1.99. The summed E-state index contributed by atoms with van der Waals surface area (Å²) in [5.74, 6) is 0.761. The van der Waals surface area contributed by atoms with Crippen LogP contribution in [0.15, 0.2) is 0 Å². The molecule has 12 heavy (non-hydrogen) atoms. The first-order valence-corrected chi connectivity index (χ1v) is 5.27. The Hall–Kier alpha value is 0.210. The summed E-state index contributed by atoms with van der Waals surface area (Å²) < 4.78 is 0. The first-order chi connectivity index (χ1) is 5.85. The van der Waals surface area contributed by atoms with Crippen molar-refractivity contribution in [2.75, 3.05) is 32.1 Å². The lowest BCUT2D eigenvalue weighted by molar-refractivity contribution is 0.228. The van der Waals surface area contributed by atoms with Gasteiger partial charge in [0.15, 0.2) is 0 Å². The van der Waals surface area contributed by atoms with E-state index in [0.29, 0.717) is 6.61 Å². The number of halogens is 1. The van der Waals surface area contributed by atoms with Crippen molar-refractivity contribution in [3.8, 4) is 0 Å². The number of nitrogens with zero attached hydrogens (tertiary/aromatic N) is 1. The molecule has 0 saturated heterocycles. The number of hydrogen-bond donors (Lipinski definition) is 1. The minimum atomic E-state index is 0.298. The van der Waals surface area contributed by atoms with Gasteiger partial charge in [0, 0.05) is 19.0 Å². The molecule has 0 heterocycles. The highest BCUT2D eigenvalue weighted by atomic mass is 35.5. The smallest absolute Gasteiger partial charge is 0.0443 e. The lowest BCUT2D eigenvalue weighted by Crippen LogP contribution is -2.26. The Morgan fingerprint density at radius 3 is 2.33 bits per heavy atom. The van der Waals surface area contributed by atoms with Crippen LogP contribution in [0.25, 0.3) is 0 Å². The van der Waals surface area contributed by atoms with E-state index < -0.39 is 0 Å². The summed E-state index contributed by atoms with van der Waals surface area (Å²) in [5.41, 5.74) is 0. The molecule has 0 radical (unpaired) electrons. The number of alkyl halides is 1. The van der Waals surface area contributed by atoms with Crippen molar-refractivity contribution in [2.24, 2.45) is 0 Å². The molecule has 0 fully saturated rings. The van der Waals surface area contributed by atoms with Crippen molar-refractivity contribution in [1.29, 1.82) is 0 Å². The van der Waals surface area contributed by atoms with Gasteiger partial charge in [-0.1, -0.05) is 6.92 Å². The SMILES string of the molecule is CCN(CCCO)CCCCCl. The van der Waals surface area contributed by atoms with Crippen LogP contribution in [0, 0.1) is 0 Å². The second-order valence-corrected chi connectivity index (χ2v) is 3.29. The van der Waals surface area contributed by atoms with Gasteiger partial charge in [-0.25, -0.2) is 0 Å². The topological polar surface area (TPSA) is 23.5 Å². The van der Waals surface area contributed by atoms with Crippen LogP contribution in [0.3, 0.4) is 0 Å². The zero-order chi connectivity index (χ0) is 9.23. The van der Waals surface area contributed by atoms with Crippen LogP contribution < -0.4 is 0 Å². The van der Waals surface area contributed by atoms with E-state index in [-0.39, 0.29) is 0 Å². The maximum atomic E-state index is 8.63. The average Bonchev–Trinajstić information content (AvgIpc) is 2.11. The van der Waals surface area contributed by atoms with Crippen molar-refractivity contribution < 1.29 is 5.11 Å². The Morgan fingerprint density at radius 1 is 1.17 bits per heavy atom. The summed E-state index contributed by atoms with van der Waals surface area (Å²) in [6, 6.07) is 0. The van der Waals surface area contributed by atoms with Gasteiger partial charge in [-0.05, 0) is 32.4 Å². The van der Waals surface area contributed by atoms with Gasteiger partial charge in [0.1, 0.15) is 0 Å². The number of aliphatic hydroxyl groups is 1. The molecule has 0 amide bonds. The van der Waals surface area contributed by atoms with Crippen molar-refractivity contribution >= 4 is 11.6 Å². The molecule has 0 aliphatic heterocycles.